The summed E-state index contributed by atoms with van der Waals surface area (Å²) in [7, 11) is 3.23. The monoisotopic (exact) mass is 506 g/mol. The van der Waals surface area contributed by atoms with Gasteiger partial charge in [0.2, 0.25) is 0 Å². The van der Waals surface area contributed by atoms with Crippen LogP contribution in [0.3, 0.4) is 0 Å². The van der Waals surface area contributed by atoms with Gasteiger partial charge in [-0.15, -0.1) is 0 Å². The number of carboxylic acids is 1. The average Bonchev–Trinajstić information content (AvgIpc) is 2.89. The maximum absolute atomic E-state index is 11.5. The van der Waals surface area contributed by atoms with Crippen LogP contribution in [0.1, 0.15) is 55.0 Å². The summed E-state index contributed by atoms with van der Waals surface area (Å²) in [4.78, 5) is 11.4. The van der Waals surface area contributed by atoms with Gasteiger partial charge in [0.1, 0.15) is 17.2 Å². The van der Waals surface area contributed by atoms with Gasteiger partial charge in [-0.2, -0.15) is 0 Å². The van der Waals surface area contributed by atoms with Crippen LogP contribution in [0.2, 0.25) is 0 Å². The van der Waals surface area contributed by atoms with Crippen LogP contribution in [-0.2, 0) is 17.6 Å². The molecule has 0 fully saturated rings. The summed E-state index contributed by atoms with van der Waals surface area (Å²) < 4.78 is 16.7. The van der Waals surface area contributed by atoms with Gasteiger partial charge >= 0.3 is 5.97 Å². The minimum Gasteiger partial charge on any atom is -0.496 e. The summed E-state index contributed by atoms with van der Waals surface area (Å²) in [6.45, 7) is 4.97. The molecule has 0 radical (unpaired) electrons. The van der Waals surface area contributed by atoms with E-state index >= 15 is 0 Å². The highest BCUT2D eigenvalue weighted by Crippen LogP contribution is 2.37. The number of methoxy groups -OCH3 is 2. The predicted octanol–water partition coefficient (Wildman–Crippen LogP) is 6.17. The largest absolute Gasteiger partial charge is 0.496 e. The quantitative estimate of drug-likeness (QED) is 0.288. The summed E-state index contributed by atoms with van der Waals surface area (Å²) in [5, 5.41) is 20.9. The van der Waals surface area contributed by atoms with Gasteiger partial charge in [-0.05, 0) is 93.3 Å². The van der Waals surface area contributed by atoms with Gasteiger partial charge in [-0.3, -0.25) is 0 Å². The Bertz CT molecular complexity index is 1130. The number of aliphatic carboxylic acids is 1. The predicted molar refractivity (Wildman–Crippen MR) is 145 cm³/mol. The normalized spacial score (nSPS) is 13.0. The lowest BCUT2D eigenvalue weighted by molar-refractivity contribution is -0.152. The summed E-state index contributed by atoms with van der Waals surface area (Å²) in [6, 6.07) is 21.5. The Balaban J connectivity index is 1.82. The van der Waals surface area contributed by atoms with E-state index in [9.17, 15) is 15.0 Å². The first-order valence-corrected chi connectivity index (χ1v) is 12.6. The number of hydrogen-bond acceptors (Lipinski definition) is 5. The number of aryl methyl sites for hydroxylation is 1. The molecule has 0 bridgehead atoms. The van der Waals surface area contributed by atoms with Gasteiger partial charge in [-0.25, -0.2) is 4.79 Å². The van der Waals surface area contributed by atoms with Gasteiger partial charge in [0, 0.05) is 5.56 Å². The standard InChI is InChI=1S/C31H38O6/c1-21-27(35-4)19-25(20-28(21)36-5)29(32)24(13-9-12-22-10-7-6-8-11-22)18-23-14-16-26(17-15-23)37-31(2,3)30(33)34/h6-8,10-11,14-17,19-20,24,29,32H,9,12-13,18H2,1-5H3,(H,33,34)/t24-,29?/m1/s1. The van der Waals surface area contributed by atoms with Gasteiger partial charge in [0.05, 0.1) is 20.3 Å². The van der Waals surface area contributed by atoms with Gasteiger partial charge in [-0.1, -0.05) is 42.5 Å². The van der Waals surface area contributed by atoms with Crippen LogP contribution < -0.4 is 14.2 Å². The first-order valence-electron chi connectivity index (χ1n) is 12.6. The Morgan fingerprint density at radius 2 is 1.51 bits per heavy atom. The Labute approximate surface area is 219 Å². The van der Waals surface area contributed by atoms with Crippen molar-refractivity contribution in [2.45, 2.75) is 58.2 Å². The van der Waals surface area contributed by atoms with Crippen LogP contribution in [0, 0.1) is 12.8 Å². The van der Waals surface area contributed by atoms with Crippen molar-refractivity contribution in [2.24, 2.45) is 5.92 Å². The van der Waals surface area contributed by atoms with Crippen molar-refractivity contribution in [3.63, 3.8) is 0 Å². The first kappa shape index (κ1) is 28.1. The van der Waals surface area contributed by atoms with Crippen molar-refractivity contribution >= 4 is 5.97 Å². The van der Waals surface area contributed by atoms with Crippen molar-refractivity contribution < 1.29 is 29.2 Å². The molecule has 3 aromatic carbocycles. The number of rotatable bonds is 13. The van der Waals surface area contributed by atoms with Crippen LogP contribution in [0.4, 0.5) is 0 Å². The van der Waals surface area contributed by atoms with E-state index in [2.05, 4.69) is 12.1 Å². The second kappa shape index (κ2) is 12.6. The lowest BCUT2D eigenvalue weighted by Crippen LogP contribution is -2.37. The second-order valence-corrected chi connectivity index (χ2v) is 9.90. The number of benzene rings is 3. The molecule has 0 spiro atoms. The Morgan fingerprint density at radius 1 is 0.919 bits per heavy atom. The number of hydrogen-bond donors (Lipinski definition) is 2. The Morgan fingerprint density at radius 3 is 2.05 bits per heavy atom. The zero-order valence-electron chi connectivity index (χ0n) is 22.4. The molecule has 6 nitrogen and oxygen atoms in total. The third-order valence-electron chi connectivity index (χ3n) is 6.76. The fourth-order valence-corrected chi connectivity index (χ4v) is 4.47. The smallest absolute Gasteiger partial charge is 0.347 e. The molecule has 0 heterocycles. The number of carboxylic acid groups (broad SMARTS) is 1. The number of carbonyl (C=O) groups is 1. The topological polar surface area (TPSA) is 85.2 Å². The van der Waals surface area contributed by atoms with E-state index in [1.165, 1.54) is 19.4 Å². The average molecular weight is 507 g/mol. The van der Waals surface area contributed by atoms with Crippen LogP contribution in [-0.4, -0.2) is 36.0 Å². The molecular weight excluding hydrogens is 468 g/mol. The van der Waals surface area contributed by atoms with Crippen molar-refractivity contribution in [3.8, 4) is 17.2 Å². The first-order chi connectivity index (χ1) is 17.6. The molecule has 3 aromatic rings. The summed E-state index contributed by atoms with van der Waals surface area (Å²) in [5.74, 6) is 0.772. The minimum atomic E-state index is -1.32. The molecule has 0 aliphatic carbocycles. The van der Waals surface area contributed by atoms with Crippen molar-refractivity contribution in [3.05, 3.63) is 89.0 Å². The molecule has 0 amide bonds. The van der Waals surface area contributed by atoms with E-state index in [0.717, 1.165) is 36.0 Å². The van der Waals surface area contributed by atoms with Crippen molar-refractivity contribution in [1.82, 2.24) is 0 Å². The molecule has 1 unspecified atom stereocenters. The van der Waals surface area contributed by atoms with Crippen molar-refractivity contribution in [2.75, 3.05) is 14.2 Å². The summed E-state index contributed by atoms with van der Waals surface area (Å²) in [5.41, 5.74) is 2.64. The highest BCUT2D eigenvalue weighted by atomic mass is 16.5. The maximum atomic E-state index is 11.5. The molecule has 198 valence electrons. The molecule has 0 saturated carbocycles. The Hall–Kier alpha value is -3.51. The van der Waals surface area contributed by atoms with Crippen molar-refractivity contribution in [1.29, 1.82) is 0 Å². The molecule has 2 N–H and O–H groups in total. The lowest BCUT2D eigenvalue weighted by Gasteiger charge is -2.25. The fraction of sp³-hybridized carbons (Fsp3) is 0.387. The third-order valence-corrected chi connectivity index (χ3v) is 6.76. The van der Waals surface area contributed by atoms with Crippen LogP contribution >= 0.6 is 0 Å². The molecule has 0 saturated heterocycles. The number of aliphatic hydroxyl groups is 1. The molecular formula is C31H38O6. The second-order valence-electron chi connectivity index (χ2n) is 9.90. The highest BCUT2D eigenvalue weighted by molar-refractivity contribution is 5.76. The van der Waals surface area contributed by atoms with Gasteiger partial charge < -0.3 is 24.4 Å². The zero-order valence-corrected chi connectivity index (χ0v) is 22.4. The molecule has 0 aliphatic rings. The fourth-order valence-electron chi connectivity index (χ4n) is 4.47. The van der Waals surface area contributed by atoms with Gasteiger partial charge in [0.15, 0.2) is 5.60 Å². The van der Waals surface area contributed by atoms with Crippen LogP contribution in [0.5, 0.6) is 17.2 Å². The van der Waals surface area contributed by atoms with E-state index in [1.807, 2.05) is 49.4 Å². The minimum absolute atomic E-state index is 0.0527. The maximum Gasteiger partial charge on any atom is 0.347 e. The van der Waals surface area contributed by atoms with Crippen LogP contribution in [0.15, 0.2) is 66.7 Å². The number of aliphatic hydroxyl groups excluding tert-OH is 1. The van der Waals surface area contributed by atoms with E-state index in [0.29, 0.717) is 23.7 Å². The molecule has 6 heteroatoms. The molecule has 37 heavy (non-hydrogen) atoms. The van der Waals surface area contributed by atoms with E-state index < -0.39 is 17.7 Å². The summed E-state index contributed by atoms with van der Waals surface area (Å²) >= 11 is 0. The third kappa shape index (κ3) is 7.49. The molecule has 3 rings (SSSR count). The zero-order chi connectivity index (χ0) is 27.0. The molecule has 2 atom stereocenters. The van der Waals surface area contributed by atoms with E-state index in [-0.39, 0.29) is 5.92 Å². The van der Waals surface area contributed by atoms with Gasteiger partial charge in [0.25, 0.3) is 0 Å². The summed E-state index contributed by atoms with van der Waals surface area (Å²) in [6.07, 6.45) is 2.61. The lowest BCUT2D eigenvalue weighted by atomic mass is 9.85. The molecule has 0 aliphatic heterocycles. The van der Waals surface area contributed by atoms with E-state index in [1.54, 1.807) is 26.4 Å². The Kier molecular flexibility index (Phi) is 9.59. The highest BCUT2D eigenvalue weighted by Gasteiger charge is 2.29. The number of ether oxygens (including phenoxy) is 3. The van der Waals surface area contributed by atoms with Crippen LogP contribution in [0.25, 0.3) is 0 Å². The molecule has 0 aromatic heterocycles. The SMILES string of the molecule is COc1cc(C(O)[C@H](CCCc2ccccc2)Cc2ccc(OC(C)(C)C(=O)O)cc2)cc(OC)c1C. The van der Waals surface area contributed by atoms with E-state index in [4.69, 9.17) is 14.2 Å².